The molecule has 2 aromatic heterocycles. The molecule has 3 rings (SSSR count). The van der Waals surface area contributed by atoms with Gasteiger partial charge in [0.05, 0.1) is 18.6 Å². The van der Waals surface area contributed by atoms with Crippen LogP contribution in [0.3, 0.4) is 0 Å². The summed E-state index contributed by atoms with van der Waals surface area (Å²) in [6.45, 7) is 0.758. The highest BCUT2D eigenvalue weighted by atomic mass is 32.2. The molecule has 2 heterocycles. The SMILES string of the molecule is S=c1[nH]nc(CCSCc2ccco2)n1Cc1ccccc1. The lowest BCUT2D eigenvalue weighted by molar-refractivity contribution is 0.530. The molecule has 0 bridgehead atoms. The van der Waals surface area contributed by atoms with E-state index in [9.17, 15) is 0 Å². The summed E-state index contributed by atoms with van der Waals surface area (Å²) in [5, 5.41) is 7.26. The van der Waals surface area contributed by atoms with Gasteiger partial charge in [-0.15, -0.1) is 0 Å². The predicted molar refractivity (Wildman–Crippen MR) is 91.5 cm³/mol. The van der Waals surface area contributed by atoms with Gasteiger partial charge >= 0.3 is 0 Å². The van der Waals surface area contributed by atoms with E-state index in [4.69, 9.17) is 16.6 Å². The molecule has 6 heteroatoms. The summed E-state index contributed by atoms with van der Waals surface area (Å²) >= 11 is 7.17. The van der Waals surface area contributed by atoms with Gasteiger partial charge < -0.3 is 4.42 Å². The number of benzene rings is 1. The van der Waals surface area contributed by atoms with Crippen molar-refractivity contribution in [1.29, 1.82) is 0 Å². The van der Waals surface area contributed by atoms with Gasteiger partial charge in [0.1, 0.15) is 11.6 Å². The Hall–Kier alpha value is -1.79. The molecule has 0 atom stereocenters. The maximum Gasteiger partial charge on any atom is 0.195 e. The van der Waals surface area contributed by atoms with Gasteiger partial charge in [-0.25, -0.2) is 0 Å². The molecular weight excluding hydrogens is 314 g/mol. The smallest absolute Gasteiger partial charge is 0.195 e. The molecule has 114 valence electrons. The second kappa shape index (κ2) is 7.47. The lowest BCUT2D eigenvalue weighted by atomic mass is 10.2. The number of rotatable bonds is 7. The number of H-pyrrole nitrogens is 1. The van der Waals surface area contributed by atoms with Crippen molar-refractivity contribution in [3.8, 4) is 0 Å². The van der Waals surface area contributed by atoms with Crippen molar-refractivity contribution in [2.24, 2.45) is 0 Å². The van der Waals surface area contributed by atoms with Crippen molar-refractivity contribution in [1.82, 2.24) is 14.8 Å². The lowest BCUT2D eigenvalue weighted by Crippen LogP contribution is -2.06. The van der Waals surface area contributed by atoms with E-state index in [1.165, 1.54) is 5.56 Å². The number of aromatic nitrogens is 3. The minimum Gasteiger partial charge on any atom is -0.468 e. The van der Waals surface area contributed by atoms with Crippen molar-refractivity contribution in [2.45, 2.75) is 18.7 Å². The largest absolute Gasteiger partial charge is 0.468 e. The quantitative estimate of drug-likeness (QED) is 0.524. The van der Waals surface area contributed by atoms with E-state index < -0.39 is 0 Å². The molecule has 0 amide bonds. The summed E-state index contributed by atoms with van der Waals surface area (Å²) in [4.78, 5) is 0. The van der Waals surface area contributed by atoms with E-state index in [0.717, 1.165) is 36.1 Å². The number of aromatic amines is 1. The van der Waals surface area contributed by atoms with Gasteiger partial charge in [-0.1, -0.05) is 30.3 Å². The topological polar surface area (TPSA) is 46.8 Å². The van der Waals surface area contributed by atoms with Gasteiger partial charge in [0.15, 0.2) is 4.77 Å². The predicted octanol–water partition coefficient (Wildman–Crippen LogP) is 4.06. The van der Waals surface area contributed by atoms with Gasteiger partial charge in [-0.2, -0.15) is 16.9 Å². The van der Waals surface area contributed by atoms with Crippen LogP contribution in [0.15, 0.2) is 53.1 Å². The number of hydrogen-bond donors (Lipinski definition) is 1. The fraction of sp³-hybridized carbons (Fsp3) is 0.250. The van der Waals surface area contributed by atoms with E-state index in [0.29, 0.717) is 4.77 Å². The molecule has 0 radical (unpaired) electrons. The molecular formula is C16H17N3OS2. The molecule has 0 aliphatic heterocycles. The molecule has 1 N–H and O–H groups in total. The Labute approximate surface area is 138 Å². The first-order valence-corrected chi connectivity index (χ1v) is 8.67. The summed E-state index contributed by atoms with van der Waals surface area (Å²) < 4.78 is 8.07. The molecule has 3 aromatic rings. The van der Waals surface area contributed by atoms with Crippen LogP contribution in [0.25, 0.3) is 0 Å². The second-order valence-electron chi connectivity index (χ2n) is 4.90. The van der Waals surface area contributed by atoms with Gasteiger partial charge in [-0.3, -0.25) is 9.67 Å². The van der Waals surface area contributed by atoms with Crippen molar-refractivity contribution in [3.63, 3.8) is 0 Å². The maximum atomic E-state index is 5.34. The minimum absolute atomic E-state index is 0.676. The van der Waals surface area contributed by atoms with E-state index in [1.807, 2.05) is 42.1 Å². The molecule has 0 unspecified atom stereocenters. The van der Waals surface area contributed by atoms with Crippen LogP contribution < -0.4 is 0 Å². The minimum atomic E-state index is 0.676. The number of thioether (sulfide) groups is 1. The van der Waals surface area contributed by atoms with Crippen LogP contribution in [0.1, 0.15) is 17.1 Å². The molecule has 0 fully saturated rings. The summed E-state index contributed by atoms with van der Waals surface area (Å²) in [7, 11) is 0. The maximum absolute atomic E-state index is 5.34. The van der Waals surface area contributed by atoms with E-state index in [-0.39, 0.29) is 0 Å². The van der Waals surface area contributed by atoms with Crippen molar-refractivity contribution in [2.75, 3.05) is 5.75 Å². The first-order valence-electron chi connectivity index (χ1n) is 7.11. The number of aryl methyl sites for hydroxylation is 1. The van der Waals surface area contributed by atoms with Gasteiger partial charge in [-0.05, 0) is 29.9 Å². The fourth-order valence-corrected chi connectivity index (χ4v) is 3.25. The number of nitrogens with one attached hydrogen (secondary N) is 1. The molecule has 22 heavy (non-hydrogen) atoms. The van der Waals surface area contributed by atoms with Crippen molar-refractivity contribution in [3.05, 3.63) is 70.6 Å². The van der Waals surface area contributed by atoms with E-state index in [1.54, 1.807) is 6.26 Å². The normalized spacial score (nSPS) is 10.9. The standard InChI is InChI=1S/C16H17N3OS2/c21-16-18-17-15(8-10-22-12-14-7-4-9-20-14)19(16)11-13-5-2-1-3-6-13/h1-7,9H,8,10-12H2,(H,18,21). The zero-order valence-electron chi connectivity index (χ0n) is 12.1. The number of nitrogens with zero attached hydrogens (tertiary/aromatic N) is 2. The zero-order chi connectivity index (χ0) is 15.2. The van der Waals surface area contributed by atoms with Crippen LogP contribution in [-0.4, -0.2) is 20.5 Å². The van der Waals surface area contributed by atoms with Crippen LogP contribution in [0.4, 0.5) is 0 Å². The second-order valence-corrected chi connectivity index (χ2v) is 6.39. The average molecular weight is 331 g/mol. The van der Waals surface area contributed by atoms with Gasteiger partial charge in [0, 0.05) is 12.2 Å². The fourth-order valence-electron chi connectivity index (χ4n) is 2.20. The van der Waals surface area contributed by atoms with Crippen LogP contribution in [0.5, 0.6) is 0 Å². The molecule has 0 aliphatic rings. The Morgan fingerprint density at radius 3 is 2.82 bits per heavy atom. The molecule has 1 aromatic carbocycles. The van der Waals surface area contributed by atoms with E-state index in [2.05, 4.69) is 26.9 Å². The van der Waals surface area contributed by atoms with Crippen LogP contribution in [0.2, 0.25) is 0 Å². The van der Waals surface area contributed by atoms with Gasteiger partial charge in [0.25, 0.3) is 0 Å². The first-order chi connectivity index (χ1) is 10.8. The van der Waals surface area contributed by atoms with Crippen LogP contribution in [0, 0.1) is 4.77 Å². The third-order valence-corrected chi connectivity index (χ3v) is 4.61. The molecule has 0 saturated carbocycles. The monoisotopic (exact) mass is 331 g/mol. The highest BCUT2D eigenvalue weighted by Crippen LogP contribution is 2.14. The zero-order valence-corrected chi connectivity index (χ0v) is 13.7. The Kier molecular flexibility index (Phi) is 5.13. The number of hydrogen-bond acceptors (Lipinski definition) is 4. The highest BCUT2D eigenvalue weighted by molar-refractivity contribution is 7.98. The molecule has 0 saturated heterocycles. The Morgan fingerprint density at radius 1 is 1.18 bits per heavy atom. The third-order valence-electron chi connectivity index (χ3n) is 3.32. The van der Waals surface area contributed by atoms with Crippen LogP contribution >= 0.6 is 24.0 Å². The lowest BCUT2D eigenvalue weighted by Gasteiger charge is -2.06. The highest BCUT2D eigenvalue weighted by Gasteiger charge is 2.07. The van der Waals surface area contributed by atoms with E-state index >= 15 is 0 Å². The number of furan rings is 1. The molecule has 0 aliphatic carbocycles. The summed E-state index contributed by atoms with van der Waals surface area (Å²) in [5.41, 5.74) is 1.23. The summed E-state index contributed by atoms with van der Waals surface area (Å²) in [6.07, 6.45) is 2.59. The average Bonchev–Trinajstić information content (AvgIpc) is 3.17. The van der Waals surface area contributed by atoms with Crippen LogP contribution in [-0.2, 0) is 18.7 Å². The molecule has 4 nitrogen and oxygen atoms in total. The van der Waals surface area contributed by atoms with Crippen molar-refractivity contribution < 1.29 is 4.42 Å². The Morgan fingerprint density at radius 2 is 2.05 bits per heavy atom. The molecule has 0 spiro atoms. The first kappa shape index (κ1) is 15.1. The Bertz CT molecular complexity index is 747. The van der Waals surface area contributed by atoms with Crippen molar-refractivity contribution >= 4 is 24.0 Å². The Balaban J connectivity index is 1.58. The third kappa shape index (κ3) is 3.90. The van der Waals surface area contributed by atoms with Gasteiger partial charge in [0.2, 0.25) is 0 Å². The summed E-state index contributed by atoms with van der Waals surface area (Å²) in [6, 6.07) is 14.2. The summed E-state index contributed by atoms with van der Waals surface area (Å²) in [5.74, 6) is 3.88.